The van der Waals surface area contributed by atoms with Crippen molar-refractivity contribution >= 4 is 29.4 Å². The average Bonchev–Trinajstić information content (AvgIpc) is 2.95. The molecule has 0 atom stereocenters. The molecule has 2 rings (SSSR count). The number of furan rings is 1. The van der Waals surface area contributed by atoms with Crippen LogP contribution in [0.1, 0.15) is 27.8 Å². The van der Waals surface area contributed by atoms with Gasteiger partial charge >= 0.3 is 5.97 Å². The van der Waals surface area contributed by atoms with Crippen LogP contribution in [0.25, 0.3) is 0 Å². The maximum absolute atomic E-state index is 12.0. The van der Waals surface area contributed by atoms with Crippen LogP contribution in [0.2, 0.25) is 0 Å². The standard InChI is InChI=1S/C15H14N2O5/c1-9(18)16-13-8-7-12(22-13)14(19)17-11-5-3-10(4-6-11)15(20)21-2/h3-8H,1-2H3,(H,16,18)(H,17,19). The Hall–Kier alpha value is -3.09. The van der Waals surface area contributed by atoms with Crippen molar-refractivity contribution in [3.05, 3.63) is 47.7 Å². The van der Waals surface area contributed by atoms with Crippen molar-refractivity contribution in [3.8, 4) is 0 Å². The van der Waals surface area contributed by atoms with E-state index in [4.69, 9.17) is 4.42 Å². The molecule has 0 aliphatic heterocycles. The fourth-order valence-electron chi connectivity index (χ4n) is 1.70. The smallest absolute Gasteiger partial charge is 0.337 e. The summed E-state index contributed by atoms with van der Waals surface area (Å²) in [6, 6.07) is 9.14. The summed E-state index contributed by atoms with van der Waals surface area (Å²) in [6.45, 7) is 1.34. The number of rotatable bonds is 4. The number of esters is 1. The lowest BCUT2D eigenvalue weighted by Crippen LogP contribution is -2.11. The highest BCUT2D eigenvalue weighted by Crippen LogP contribution is 2.16. The highest BCUT2D eigenvalue weighted by atomic mass is 16.5. The molecule has 1 heterocycles. The van der Waals surface area contributed by atoms with Crippen LogP contribution in [-0.4, -0.2) is 24.9 Å². The van der Waals surface area contributed by atoms with Gasteiger partial charge in [0.25, 0.3) is 5.91 Å². The first-order valence-corrected chi connectivity index (χ1v) is 6.37. The van der Waals surface area contributed by atoms with E-state index in [2.05, 4.69) is 15.4 Å². The number of amides is 2. The van der Waals surface area contributed by atoms with Crippen molar-refractivity contribution in [2.24, 2.45) is 0 Å². The first kappa shape index (κ1) is 15.3. The summed E-state index contributed by atoms with van der Waals surface area (Å²) in [5.74, 6) is -0.967. The minimum Gasteiger partial charge on any atom is -0.465 e. The quantitative estimate of drug-likeness (QED) is 0.844. The summed E-state index contributed by atoms with van der Waals surface area (Å²) in [4.78, 5) is 34.2. The maximum atomic E-state index is 12.0. The van der Waals surface area contributed by atoms with Crippen LogP contribution in [0, 0.1) is 0 Å². The Morgan fingerprint density at radius 3 is 2.27 bits per heavy atom. The van der Waals surface area contributed by atoms with E-state index in [9.17, 15) is 14.4 Å². The third kappa shape index (κ3) is 3.72. The van der Waals surface area contributed by atoms with Gasteiger partial charge in [0.1, 0.15) is 0 Å². The Labute approximate surface area is 126 Å². The molecular weight excluding hydrogens is 288 g/mol. The first-order valence-electron chi connectivity index (χ1n) is 6.37. The summed E-state index contributed by atoms with van der Waals surface area (Å²) < 4.78 is 9.77. The van der Waals surface area contributed by atoms with E-state index < -0.39 is 11.9 Å². The lowest BCUT2D eigenvalue weighted by molar-refractivity contribution is -0.114. The summed E-state index contributed by atoms with van der Waals surface area (Å²) in [5.41, 5.74) is 0.876. The lowest BCUT2D eigenvalue weighted by Gasteiger charge is -2.04. The number of hydrogen-bond donors (Lipinski definition) is 2. The molecule has 0 spiro atoms. The second-order valence-corrected chi connectivity index (χ2v) is 4.37. The van der Waals surface area contributed by atoms with Gasteiger partial charge in [-0.05, 0) is 30.3 Å². The molecule has 114 valence electrons. The molecule has 0 unspecified atom stereocenters. The van der Waals surface area contributed by atoms with Crippen molar-refractivity contribution < 1.29 is 23.5 Å². The fraction of sp³-hybridized carbons (Fsp3) is 0.133. The van der Waals surface area contributed by atoms with Crippen LogP contribution >= 0.6 is 0 Å². The molecule has 22 heavy (non-hydrogen) atoms. The minimum absolute atomic E-state index is 0.0563. The number of benzene rings is 1. The van der Waals surface area contributed by atoms with Gasteiger partial charge in [0.2, 0.25) is 5.91 Å². The van der Waals surface area contributed by atoms with Gasteiger partial charge in [-0.15, -0.1) is 0 Å². The zero-order chi connectivity index (χ0) is 16.1. The molecular formula is C15H14N2O5. The first-order chi connectivity index (χ1) is 10.5. The molecule has 2 amide bonds. The number of carbonyl (C=O) groups is 3. The summed E-state index contributed by atoms with van der Waals surface area (Å²) in [7, 11) is 1.29. The normalized spacial score (nSPS) is 9.91. The van der Waals surface area contributed by atoms with Crippen LogP contribution in [0.15, 0.2) is 40.8 Å². The van der Waals surface area contributed by atoms with E-state index in [0.717, 1.165) is 0 Å². The second-order valence-electron chi connectivity index (χ2n) is 4.37. The van der Waals surface area contributed by atoms with Gasteiger partial charge in [0.15, 0.2) is 11.6 Å². The number of carbonyl (C=O) groups excluding carboxylic acids is 3. The van der Waals surface area contributed by atoms with Gasteiger partial charge in [0.05, 0.1) is 12.7 Å². The predicted molar refractivity (Wildman–Crippen MR) is 78.7 cm³/mol. The molecule has 0 saturated carbocycles. The molecule has 0 radical (unpaired) electrons. The Balaban J connectivity index is 2.03. The number of nitrogens with one attached hydrogen (secondary N) is 2. The van der Waals surface area contributed by atoms with E-state index in [1.54, 1.807) is 12.1 Å². The highest BCUT2D eigenvalue weighted by molar-refractivity contribution is 6.03. The fourth-order valence-corrected chi connectivity index (χ4v) is 1.70. The number of hydrogen-bond acceptors (Lipinski definition) is 5. The SMILES string of the molecule is COC(=O)c1ccc(NC(=O)c2ccc(NC(C)=O)o2)cc1. The van der Waals surface area contributed by atoms with Gasteiger partial charge in [-0.2, -0.15) is 0 Å². The van der Waals surface area contributed by atoms with E-state index in [-0.39, 0.29) is 17.6 Å². The molecule has 0 aliphatic rings. The monoisotopic (exact) mass is 302 g/mol. The minimum atomic E-state index is -0.470. The van der Waals surface area contributed by atoms with Crippen LogP contribution in [0.3, 0.4) is 0 Å². The van der Waals surface area contributed by atoms with E-state index in [1.807, 2.05) is 0 Å². The Bertz CT molecular complexity index is 703. The Kier molecular flexibility index (Phi) is 4.57. The van der Waals surface area contributed by atoms with Gasteiger partial charge in [-0.3, -0.25) is 14.9 Å². The molecule has 1 aromatic carbocycles. The zero-order valence-electron chi connectivity index (χ0n) is 12.0. The number of ether oxygens (including phenoxy) is 1. The van der Waals surface area contributed by atoms with Crippen LogP contribution in [0.5, 0.6) is 0 Å². The predicted octanol–water partition coefficient (Wildman–Crippen LogP) is 2.28. The molecule has 2 aromatic rings. The van der Waals surface area contributed by atoms with Crippen LogP contribution in [0.4, 0.5) is 11.6 Å². The molecule has 1 aromatic heterocycles. The second kappa shape index (κ2) is 6.57. The Morgan fingerprint density at radius 2 is 1.68 bits per heavy atom. The third-order valence-electron chi connectivity index (χ3n) is 2.69. The molecule has 7 nitrogen and oxygen atoms in total. The molecule has 2 N–H and O–H groups in total. The summed E-state index contributed by atoms with van der Waals surface area (Å²) >= 11 is 0. The van der Waals surface area contributed by atoms with Crippen molar-refractivity contribution in [1.29, 1.82) is 0 Å². The molecule has 0 saturated heterocycles. The summed E-state index contributed by atoms with van der Waals surface area (Å²) in [6.07, 6.45) is 0. The number of anilines is 2. The molecule has 0 aliphatic carbocycles. The van der Waals surface area contributed by atoms with E-state index in [0.29, 0.717) is 11.3 Å². The lowest BCUT2D eigenvalue weighted by atomic mass is 10.2. The van der Waals surface area contributed by atoms with Gasteiger partial charge < -0.3 is 14.5 Å². The van der Waals surface area contributed by atoms with E-state index >= 15 is 0 Å². The van der Waals surface area contributed by atoms with Crippen molar-refractivity contribution in [2.45, 2.75) is 6.92 Å². The van der Waals surface area contributed by atoms with Crippen molar-refractivity contribution in [1.82, 2.24) is 0 Å². The van der Waals surface area contributed by atoms with Gasteiger partial charge in [0, 0.05) is 18.7 Å². The maximum Gasteiger partial charge on any atom is 0.337 e. The highest BCUT2D eigenvalue weighted by Gasteiger charge is 2.12. The molecule has 0 bridgehead atoms. The van der Waals surface area contributed by atoms with Gasteiger partial charge in [-0.1, -0.05) is 0 Å². The van der Waals surface area contributed by atoms with Crippen molar-refractivity contribution in [2.75, 3.05) is 17.7 Å². The topological polar surface area (TPSA) is 97.6 Å². The van der Waals surface area contributed by atoms with Crippen molar-refractivity contribution in [3.63, 3.8) is 0 Å². The van der Waals surface area contributed by atoms with Crippen LogP contribution in [-0.2, 0) is 9.53 Å². The largest absolute Gasteiger partial charge is 0.465 e. The Morgan fingerprint density at radius 1 is 1.00 bits per heavy atom. The zero-order valence-corrected chi connectivity index (χ0v) is 12.0. The van der Waals surface area contributed by atoms with Crippen LogP contribution < -0.4 is 10.6 Å². The number of methoxy groups -OCH3 is 1. The summed E-state index contributed by atoms with van der Waals surface area (Å²) in [5, 5.41) is 5.04. The van der Waals surface area contributed by atoms with Gasteiger partial charge in [-0.25, -0.2) is 4.79 Å². The van der Waals surface area contributed by atoms with E-state index in [1.165, 1.54) is 38.3 Å². The molecule has 7 heteroatoms. The molecule has 0 fully saturated rings. The average molecular weight is 302 g/mol. The third-order valence-corrected chi connectivity index (χ3v) is 2.69.